The van der Waals surface area contributed by atoms with Gasteiger partial charge in [0.25, 0.3) is 0 Å². The van der Waals surface area contributed by atoms with Crippen LogP contribution in [0.5, 0.6) is 0 Å². The van der Waals surface area contributed by atoms with Gasteiger partial charge in [0.05, 0.1) is 22.0 Å². The van der Waals surface area contributed by atoms with Crippen molar-refractivity contribution >= 4 is 43.8 Å². The molecule has 0 spiro atoms. The van der Waals surface area contributed by atoms with E-state index in [2.05, 4.69) is 31.9 Å². The molecule has 0 fully saturated rings. The molecule has 0 aliphatic rings. The smallest absolute Gasteiger partial charge is 0.339 e. The molecule has 0 heterocycles. The van der Waals surface area contributed by atoms with Crippen molar-refractivity contribution < 1.29 is 19.4 Å². The van der Waals surface area contributed by atoms with Gasteiger partial charge in [0.15, 0.2) is 0 Å². The fourth-order valence-electron chi connectivity index (χ4n) is 2.21. The van der Waals surface area contributed by atoms with Gasteiger partial charge in [0.2, 0.25) is 0 Å². The Kier molecular flexibility index (Phi) is 5.37. The first-order chi connectivity index (χ1) is 10.5. The number of halogens is 2. The second-order valence-corrected chi connectivity index (χ2v) is 7.47. The molecule has 0 bridgehead atoms. The zero-order valence-electron chi connectivity index (χ0n) is 11.5. The minimum Gasteiger partial charge on any atom is -0.478 e. The third-order valence-corrected chi connectivity index (χ3v) is 4.16. The summed E-state index contributed by atoms with van der Waals surface area (Å²) < 4.78 is 4.63. The number of carboxylic acids is 1. The average molecular weight is 428 g/mol. The van der Waals surface area contributed by atoms with Crippen molar-refractivity contribution in [2.24, 2.45) is 0 Å². The van der Waals surface area contributed by atoms with E-state index < -0.39 is 11.9 Å². The summed E-state index contributed by atoms with van der Waals surface area (Å²) >= 11 is 6.88. The molecule has 0 aliphatic heterocycles. The van der Waals surface area contributed by atoms with Crippen molar-refractivity contribution in [2.45, 2.75) is 3.74 Å². The molecule has 114 valence electrons. The molecule has 0 amide bonds. The van der Waals surface area contributed by atoms with E-state index >= 15 is 0 Å². The normalized spacial score (nSPS) is 10.5. The first kappa shape index (κ1) is 16.7. The monoisotopic (exact) mass is 426 g/mol. The topological polar surface area (TPSA) is 63.6 Å². The standard InChI is InChI=1S/C16H12Br2O4/c1-22-16(21)13-10(7-4-8-12(13)15(19)20)9-5-2-3-6-11(9)14(17)18/h2-8,14H,1H3,(H,19,20). The predicted octanol–water partition coefficient (Wildman–Crippen LogP) is 4.63. The average Bonchev–Trinajstić information content (AvgIpc) is 2.53. The number of methoxy groups -OCH3 is 1. The highest BCUT2D eigenvalue weighted by molar-refractivity contribution is 9.24. The largest absolute Gasteiger partial charge is 0.478 e. The summed E-state index contributed by atoms with van der Waals surface area (Å²) in [4.78, 5) is 23.5. The van der Waals surface area contributed by atoms with Crippen LogP contribution in [0.25, 0.3) is 11.1 Å². The van der Waals surface area contributed by atoms with Gasteiger partial charge in [0.1, 0.15) is 0 Å². The van der Waals surface area contributed by atoms with E-state index in [9.17, 15) is 14.7 Å². The lowest BCUT2D eigenvalue weighted by molar-refractivity contribution is 0.0583. The van der Waals surface area contributed by atoms with Gasteiger partial charge in [-0.15, -0.1) is 0 Å². The summed E-state index contributed by atoms with van der Waals surface area (Å²) in [5, 5.41) is 9.33. The van der Waals surface area contributed by atoms with Crippen molar-refractivity contribution in [3.63, 3.8) is 0 Å². The molecule has 2 rings (SSSR count). The number of esters is 1. The highest BCUT2D eigenvalue weighted by Gasteiger charge is 2.23. The Morgan fingerprint density at radius 1 is 1.05 bits per heavy atom. The van der Waals surface area contributed by atoms with Crippen LogP contribution >= 0.6 is 31.9 Å². The molecular formula is C16H12Br2O4. The van der Waals surface area contributed by atoms with Gasteiger partial charge in [0, 0.05) is 0 Å². The molecule has 0 aromatic heterocycles. The number of rotatable bonds is 4. The molecule has 22 heavy (non-hydrogen) atoms. The molecule has 0 saturated heterocycles. The second-order valence-electron chi connectivity index (χ2n) is 4.41. The fraction of sp³-hybridized carbons (Fsp3) is 0.125. The van der Waals surface area contributed by atoms with E-state index in [-0.39, 0.29) is 14.9 Å². The first-order valence-electron chi connectivity index (χ1n) is 6.29. The van der Waals surface area contributed by atoms with Gasteiger partial charge >= 0.3 is 11.9 Å². The lowest BCUT2D eigenvalue weighted by Crippen LogP contribution is -2.12. The summed E-state index contributed by atoms with van der Waals surface area (Å²) in [6.07, 6.45) is 0. The Balaban J connectivity index is 2.79. The summed E-state index contributed by atoms with van der Waals surface area (Å²) in [5.41, 5.74) is 2.12. The Morgan fingerprint density at radius 2 is 1.68 bits per heavy atom. The number of alkyl halides is 2. The summed E-state index contributed by atoms with van der Waals surface area (Å²) in [5.74, 6) is -1.85. The SMILES string of the molecule is COC(=O)c1c(C(=O)O)cccc1-c1ccccc1C(Br)Br. The van der Waals surface area contributed by atoms with Crippen LogP contribution in [0.3, 0.4) is 0 Å². The maximum absolute atomic E-state index is 12.1. The first-order valence-corrected chi connectivity index (χ1v) is 8.12. The van der Waals surface area contributed by atoms with Gasteiger partial charge in [-0.1, -0.05) is 68.3 Å². The van der Waals surface area contributed by atoms with E-state index in [4.69, 9.17) is 4.74 Å². The van der Waals surface area contributed by atoms with Crippen LogP contribution in [0.1, 0.15) is 30.0 Å². The lowest BCUT2D eigenvalue weighted by Gasteiger charge is -2.15. The third kappa shape index (κ3) is 3.23. The molecule has 0 radical (unpaired) electrons. The van der Waals surface area contributed by atoms with Gasteiger partial charge in [-0.3, -0.25) is 0 Å². The summed E-state index contributed by atoms with van der Waals surface area (Å²) in [6, 6.07) is 12.1. The second kappa shape index (κ2) is 7.07. The Hall–Kier alpha value is -1.66. The van der Waals surface area contributed by atoms with Gasteiger partial charge in [-0.05, 0) is 22.8 Å². The summed E-state index contributed by atoms with van der Waals surface area (Å²) in [6.45, 7) is 0. The minimum atomic E-state index is -1.17. The van der Waals surface area contributed by atoms with Crippen LogP contribution in [0.15, 0.2) is 42.5 Å². The Morgan fingerprint density at radius 3 is 2.27 bits per heavy atom. The molecule has 0 unspecified atom stereocenters. The van der Waals surface area contributed by atoms with Crippen molar-refractivity contribution in [1.29, 1.82) is 0 Å². The van der Waals surface area contributed by atoms with Crippen LogP contribution in [0.2, 0.25) is 0 Å². The molecule has 4 nitrogen and oxygen atoms in total. The maximum atomic E-state index is 12.1. The van der Waals surface area contributed by atoms with E-state index in [1.807, 2.05) is 24.3 Å². The Labute approximate surface area is 144 Å². The number of aromatic carboxylic acids is 1. The van der Waals surface area contributed by atoms with Gasteiger partial charge < -0.3 is 9.84 Å². The van der Waals surface area contributed by atoms with Crippen LogP contribution < -0.4 is 0 Å². The van der Waals surface area contributed by atoms with Gasteiger partial charge in [-0.2, -0.15) is 0 Å². The van der Waals surface area contributed by atoms with Crippen molar-refractivity contribution in [3.05, 3.63) is 59.2 Å². The summed E-state index contributed by atoms with van der Waals surface area (Å²) in [7, 11) is 1.23. The zero-order valence-corrected chi connectivity index (χ0v) is 14.7. The number of hydrogen-bond donors (Lipinski definition) is 1. The molecule has 1 N–H and O–H groups in total. The van der Waals surface area contributed by atoms with Crippen LogP contribution in [-0.4, -0.2) is 24.2 Å². The van der Waals surface area contributed by atoms with E-state index in [1.165, 1.54) is 13.2 Å². The lowest BCUT2D eigenvalue weighted by atomic mass is 9.93. The molecule has 0 saturated carbocycles. The molecule has 6 heteroatoms. The Bertz CT molecular complexity index is 726. The van der Waals surface area contributed by atoms with Crippen molar-refractivity contribution in [3.8, 4) is 11.1 Å². The van der Waals surface area contributed by atoms with E-state index in [1.54, 1.807) is 12.1 Å². The van der Waals surface area contributed by atoms with Crippen LogP contribution in [-0.2, 0) is 4.74 Å². The number of hydrogen-bond acceptors (Lipinski definition) is 3. The molecule has 2 aromatic rings. The highest BCUT2D eigenvalue weighted by atomic mass is 79.9. The third-order valence-electron chi connectivity index (χ3n) is 3.17. The number of benzene rings is 2. The number of carbonyl (C=O) groups excluding carboxylic acids is 1. The van der Waals surface area contributed by atoms with E-state index in [0.717, 1.165) is 11.1 Å². The van der Waals surface area contributed by atoms with Gasteiger partial charge in [-0.25, -0.2) is 9.59 Å². The quantitative estimate of drug-likeness (QED) is 0.570. The number of carbonyl (C=O) groups is 2. The van der Waals surface area contributed by atoms with Crippen molar-refractivity contribution in [2.75, 3.05) is 7.11 Å². The van der Waals surface area contributed by atoms with Crippen molar-refractivity contribution in [1.82, 2.24) is 0 Å². The van der Waals surface area contributed by atoms with E-state index in [0.29, 0.717) is 5.56 Å². The predicted molar refractivity (Wildman–Crippen MR) is 90.8 cm³/mol. The van der Waals surface area contributed by atoms with Crippen LogP contribution in [0.4, 0.5) is 0 Å². The number of ether oxygens (including phenoxy) is 1. The molecule has 2 aromatic carbocycles. The zero-order chi connectivity index (χ0) is 16.3. The number of carboxylic acid groups (broad SMARTS) is 1. The maximum Gasteiger partial charge on any atom is 0.339 e. The minimum absolute atomic E-state index is 0.0469. The fourth-order valence-corrected chi connectivity index (χ4v) is 3.01. The molecule has 0 atom stereocenters. The molecule has 0 aliphatic carbocycles. The highest BCUT2D eigenvalue weighted by Crippen LogP contribution is 2.38. The van der Waals surface area contributed by atoms with Crippen LogP contribution in [0, 0.1) is 0 Å². The molecular weight excluding hydrogens is 416 g/mol.